The van der Waals surface area contributed by atoms with Crippen LogP contribution in [0.5, 0.6) is 5.75 Å². The highest BCUT2D eigenvalue weighted by Gasteiger charge is 2.29. The molecule has 0 spiro atoms. The van der Waals surface area contributed by atoms with Crippen molar-refractivity contribution in [1.82, 2.24) is 4.90 Å². The van der Waals surface area contributed by atoms with Gasteiger partial charge in [-0.25, -0.2) is 4.79 Å². The molecule has 9 nitrogen and oxygen atoms in total. The average molecular weight is 528 g/mol. The number of halogens is 1. The van der Waals surface area contributed by atoms with Crippen LogP contribution in [0.1, 0.15) is 50.3 Å². The first-order valence-electron chi connectivity index (χ1n) is 11.9. The summed E-state index contributed by atoms with van der Waals surface area (Å²) in [5, 5.41) is 31.3. The van der Waals surface area contributed by atoms with Crippen molar-refractivity contribution in [3.05, 3.63) is 74.3 Å². The van der Waals surface area contributed by atoms with Gasteiger partial charge in [-0.15, -0.1) is 0 Å². The second-order valence-electron chi connectivity index (χ2n) is 9.78. The van der Waals surface area contributed by atoms with Crippen LogP contribution in [0.2, 0.25) is 5.02 Å². The lowest BCUT2D eigenvalue weighted by atomic mass is 10.0. The minimum atomic E-state index is -1.06. The van der Waals surface area contributed by atoms with E-state index in [4.69, 9.17) is 26.3 Å². The van der Waals surface area contributed by atoms with Crippen LogP contribution >= 0.6 is 11.6 Å². The monoisotopic (exact) mass is 527 g/mol. The van der Waals surface area contributed by atoms with E-state index in [2.05, 4.69) is 6.07 Å². The maximum absolute atomic E-state index is 12.3. The SMILES string of the molecule is CC(C)(C)OC(=O)N1CCC(Oc2ccc([N+](=O)[O-])c(CC(O)/C=C/c3cccc(C#N)c3)c2Cl)CC1. The van der Waals surface area contributed by atoms with Gasteiger partial charge in [0.15, 0.2) is 0 Å². The molecule has 1 heterocycles. The van der Waals surface area contributed by atoms with Crippen molar-refractivity contribution < 1.29 is 24.3 Å². The molecule has 2 aromatic carbocycles. The highest BCUT2D eigenvalue weighted by Crippen LogP contribution is 2.37. The molecule has 0 aliphatic carbocycles. The second kappa shape index (κ2) is 12.1. The molecule has 1 aliphatic heterocycles. The Kier molecular flexibility index (Phi) is 9.14. The van der Waals surface area contributed by atoms with Gasteiger partial charge in [0, 0.05) is 38.4 Å². The number of aliphatic hydroxyl groups excluding tert-OH is 1. The Bertz CT molecular complexity index is 1210. The third kappa shape index (κ3) is 7.94. The number of nitriles is 1. The summed E-state index contributed by atoms with van der Waals surface area (Å²) >= 11 is 6.54. The number of likely N-dealkylation sites (tertiary alicyclic amines) is 1. The summed E-state index contributed by atoms with van der Waals surface area (Å²) in [6.45, 7) is 6.34. The largest absolute Gasteiger partial charge is 0.489 e. The summed E-state index contributed by atoms with van der Waals surface area (Å²) in [4.78, 5) is 25.0. The van der Waals surface area contributed by atoms with E-state index in [1.807, 2.05) is 20.8 Å². The Labute approximate surface area is 221 Å². The second-order valence-corrected chi connectivity index (χ2v) is 10.2. The number of nitro groups is 1. The Morgan fingerprint density at radius 2 is 2.03 bits per heavy atom. The number of carbonyl (C=O) groups is 1. The molecule has 37 heavy (non-hydrogen) atoms. The molecule has 2 aromatic rings. The van der Waals surface area contributed by atoms with E-state index in [9.17, 15) is 20.0 Å². The Hall–Kier alpha value is -3.61. The van der Waals surface area contributed by atoms with Gasteiger partial charge in [-0.2, -0.15) is 5.26 Å². The normalized spacial score (nSPS) is 15.3. The fraction of sp³-hybridized carbons (Fsp3) is 0.407. The Morgan fingerprint density at radius 1 is 1.32 bits per heavy atom. The molecule has 1 saturated heterocycles. The summed E-state index contributed by atoms with van der Waals surface area (Å²) in [6, 6.07) is 11.7. The standard InChI is InChI=1S/C27H30ClN3O6/c1-27(2,3)37-26(33)30-13-11-21(12-14-30)36-24-10-9-23(31(34)35)22(25(24)28)16-20(32)8-7-18-5-4-6-19(15-18)17-29/h4-10,15,20-21,32H,11-14,16H2,1-3H3/b8-7+. The number of piperidine rings is 1. The van der Waals surface area contributed by atoms with E-state index in [-0.39, 0.29) is 40.6 Å². The zero-order chi connectivity index (χ0) is 27.2. The van der Waals surface area contributed by atoms with Crippen LogP contribution in [-0.4, -0.2) is 51.9 Å². The molecule has 1 fully saturated rings. The maximum atomic E-state index is 12.3. The van der Waals surface area contributed by atoms with Crippen LogP contribution < -0.4 is 4.74 Å². The van der Waals surface area contributed by atoms with E-state index in [0.717, 1.165) is 0 Å². The number of nitro benzene ring substituents is 1. The molecular weight excluding hydrogens is 498 g/mol. The number of carbonyl (C=O) groups excluding carboxylic acids is 1. The number of hydrogen-bond acceptors (Lipinski definition) is 7. The van der Waals surface area contributed by atoms with Gasteiger partial charge in [0.25, 0.3) is 5.69 Å². The van der Waals surface area contributed by atoms with Crippen LogP contribution in [0.4, 0.5) is 10.5 Å². The van der Waals surface area contributed by atoms with E-state index in [1.165, 1.54) is 18.2 Å². The molecule has 0 bridgehead atoms. The lowest BCUT2D eigenvalue weighted by Gasteiger charge is -2.33. The number of benzene rings is 2. The topological polar surface area (TPSA) is 126 Å². The van der Waals surface area contributed by atoms with Gasteiger partial charge in [-0.1, -0.05) is 35.9 Å². The molecule has 1 amide bonds. The van der Waals surface area contributed by atoms with Crippen molar-refractivity contribution in [1.29, 1.82) is 5.26 Å². The van der Waals surface area contributed by atoms with Gasteiger partial charge in [-0.3, -0.25) is 10.1 Å². The van der Waals surface area contributed by atoms with Gasteiger partial charge in [0.2, 0.25) is 0 Å². The van der Waals surface area contributed by atoms with Crippen LogP contribution in [-0.2, 0) is 11.2 Å². The number of ether oxygens (including phenoxy) is 2. The van der Waals surface area contributed by atoms with E-state index in [1.54, 1.807) is 35.2 Å². The van der Waals surface area contributed by atoms with Gasteiger partial charge >= 0.3 is 6.09 Å². The van der Waals surface area contributed by atoms with Crippen LogP contribution in [0.15, 0.2) is 42.5 Å². The average Bonchev–Trinajstić information content (AvgIpc) is 2.84. The third-order valence-electron chi connectivity index (χ3n) is 5.71. The van der Waals surface area contributed by atoms with Crippen LogP contribution in [0.3, 0.4) is 0 Å². The first-order valence-corrected chi connectivity index (χ1v) is 12.3. The lowest BCUT2D eigenvalue weighted by molar-refractivity contribution is -0.385. The minimum absolute atomic E-state index is 0.0719. The number of nitrogens with zero attached hydrogens (tertiary/aromatic N) is 3. The van der Waals surface area contributed by atoms with E-state index < -0.39 is 16.6 Å². The first kappa shape index (κ1) is 28.0. The highest BCUT2D eigenvalue weighted by atomic mass is 35.5. The van der Waals surface area contributed by atoms with Crippen molar-refractivity contribution in [2.45, 2.75) is 57.8 Å². The lowest BCUT2D eigenvalue weighted by Crippen LogP contribution is -2.44. The molecule has 1 aliphatic rings. The van der Waals surface area contributed by atoms with Crippen molar-refractivity contribution in [3.8, 4) is 11.8 Å². The molecule has 1 N–H and O–H groups in total. The summed E-state index contributed by atoms with van der Waals surface area (Å²) in [5.41, 5.74) is 0.577. The number of hydrogen-bond donors (Lipinski definition) is 1. The Morgan fingerprint density at radius 3 is 2.65 bits per heavy atom. The molecular formula is C27H30ClN3O6. The van der Waals surface area contributed by atoms with Crippen LogP contribution in [0, 0.1) is 21.4 Å². The number of rotatable bonds is 7. The predicted octanol–water partition coefficient (Wildman–Crippen LogP) is 5.51. The maximum Gasteiger partial charge on any atom is 0.410 e. The number of amides is 1. The predicted molar refractivity (Wildman–Crippen MR) is 139 cm³/mol. The molecule has 3 rings (SSSR count). The highest BCUT2D eigenvalue weighted by molar-refractivity contribution is 6.33. The number of aliphatic hydroxyl groups is 1. The molecule has 0 saturated carbocycles. The zero-order valence-electron chi connectivity index (χ0n) is 21.0. The summed E-state index contributed by atoms with van der Waals surface area (Å²) < 4.78 is 11.5. The fourth-order valence-corrected chi connectivity index (χ4v) is 4.20. The summed E-state index contributed by atoms with van der Waals surface area (Å²) in [7, 11) is 0. The molecule has 1 atom stereocenters. The Balaban J connectivity index is 1.69. The third-order valence-corrected chi connectivity index (χ3v) is 6.12. The van der Waals surface area contributed by atoms with Gasteiger partial charge < -0.3 is 19.5 Å². The van der Waals surface area contributed by atoms with Gasteiger partial charge in [0.1, 0.15) is 17.5 Å². The quantitative estimate of drug-likeness (QED) is 0.371. The van der Waals surface area contributed by atoms with Gasteiger partial charge in [0.05, 0.1) is 33.2 Å². The fourth-order valence-electron chi connectivity index (χ4n) is 3.92. The van der Waals surface area contributed by atoms with Crippen molar-refractivity contribution in [2.24, 2.45) is 0 Å². The molecule has 10 heteroatoms. The summed E-state index contributed by atoms with van der Waals surface area (Å²) in [6.07, 6.45) is 2.47. The molecule has 196 valence electrons. The van der Waals surface area contributed by atoms with Crippen molar-refractivity contribution >= 4 is 29.5 Å². The molecule has 1 unspecified atom stereocenters. The van der Waals surface area contributed by atoms with Crippen molar-refractivity contribution in [2.75, 3.05) is 13.1 Å². The molecule has 0 aromatic heterocycles. The van der Waals surface area contributed by atoms with Crippen molar-refractivity contribution in [3.63, 3.8) is 0 Å². The summed E-state index contributed by atoms with van der Waals surface area (Å²) in [5.74, 6) is 0.288. The van der Waals surface area contributed by atoms with Gasteiger partial charge in [-0.05, 0) is 44.5 Å². The van der Waals surface area contributed by atoms with E-state index >= 15 is 0 Å². The minimum Gasteiger partial charge on any atom is -0.489 e. The smallest absolute Gasteiger partial charge is 0.410 e. The first-order chi connectivity index (χ1) is 17.5. The molecule has 0 radical (unpaired) electrons. The zero-order valence-corrected chi connectivity index (χ0v) is 21.8. The van der Waals surface area contributed by atoms with Crippen LogP contribution in [0.25, 0.3) is 6.08 Å². The van der Waals surface area contributed by atoms with E-state index in [0.29, 0.717) is 37.1 Å².